The Hall–Kier alpha value is -1.59. The first-order chi connectivity index (χ1) is 11.1. The van der Waals surface area contributed by atoms with Crippen LogP contribution in [-0.4, -0.2) is 59.9 Å². The molecular formula is C17H26N2O4. The molecule has 0 aromatic carbocycles. The maximum absolute atomic E-state index is 12.5. The highest BCUT2D eigenvalue weighted by atomic mass is 16.5. The normalized spacial score (nSPS) is 28.8. The number of Topliss-reactive ketones (excluding diaryl/α,β-unsaturated/α-hetero) is 1. The first-order valence-electron chi connectivity index (χ1n) is 8.92. The molecule has 2 heterocycles. The third-order valence-electron chi connectivity index (χ3n) is 5.16. The summed E-state index contributed by atoms with van der Waals surface area (Å²) in [7, 11) is 0. The van der Waals surface area contributed by atoms with Crippen molar-refractivity contribution in [2.75, 3.05) is 26.2 Å². The third kappa shape index (κ3) is 3.85. The monoisotopic (exact) mass is 322 g/mol. The van der Waals surface area contributed by atoms with Gasteiger partial charge in [0.1, 0.15) is 0 Å². The molecule has 0 aromatic heterocycles. The third-order valence-corrected chi connectivity index (χ3v) is 5.16. The molecule has 2 saturated heterocycles. The van der Waals surface area contributed by atoms with Crippen molar-refractivity contribution >= 4 is 17.8 Å². The summed E-state index contributed by atoms with van der Waals surface area (Å²) in [5.41, 5.74) is 0. The van der Waals surface area contributed by atoms with Crippen molar-refractivity contribution < 1.29 is 19.1 Å². The van der Waals surface area contributed by atoms with E-state index in [1.165, 1.54) is 0 Å². The summed E-state index contributed by atoms with van der Waals surface area (Å²) in [6.45, 7) is 2.78. The molecule has 1 aliphatic carbocycles. The molecule has 6 nitrogen and oxygen atoms in total. The zero-order chi connectivity index (χ0) is 16.2. The second kappa shape index (κ2) is 7.32. The van der Waals surface area contributed by atoms with Gasteiger partial charge in [-0.05, 0) is 44.9 Å². The van der Waals surface area contributed by atoms with E-state index in [0.29, 0.717) is 25.9 Å². The molecule has 0 radical (unpaired) electrons. The number of rotatable bonds is 2. The maximum Gasteiger partial charge on any atom is 0.320 e. The SMILES string of the molecule is O=C(O[C@H]1CCCCC1=O)[C@@H]1CCCN(C(=O)N2CCCC2)C1. The van der Waals surface area contributed by atoms with E-state index in [2.05, 4.69) is 0 Å². The standard InChI is InChI=1S/C17H26N2O4/c20-14-7-1-2-8-15(14)23-16(21)13-6-5-11-19(12-13)17(22)18-9-3-4-10-18/h13,15H,1-12H2/t13-,15+/m1/s1. The Morgan fingerprint density at radius 1 is 0.913 bits per heavy atom. The number of likely N-dealkylation sites (tertiary alicyclic amines) is 2. The van der Waals surface area contributed by atoms with Gasteiger partial charge in [-0.1, -0.05) is 0 Å². The smallest absolute Gasteiger partial charge is 0.320 e. The molecule has 1 saturated carbocycles. The minimum absolute atomic E-state index is 0.0467. The van der Waals surface area contributed by atoms with E-state index in [4.69, 9.17) is 4.74 Å². The quantitative estimate of drug-likeness (QED) is 0.729. The summed E-state index contributed by atoms with van der Waals surface area (Å²) in [6.07, 6.45) is 6.13. The van der Waals surface area contributed by atoms with Crippen molar-refractivity contribution in [3.8, 4) is 0 Å². The van der Waals surface area contributed by atoms with Crippen LogP contribution in [0.25, 0.3) is 0 Å². The second-order valence-electron chi connectivity index (χ2n) is 6.90. The number of hydrogen-bond donors (Lipinski definition) is 0. The number of hydrogen-bond acceptors (Lipinski definition) is 4. The van der Waals surface area contributed by atoms with Crippen LogP contribution in [0, 0.1) is 5.92 Å². The van der Waals surface area contributed by atoms with Gasteiger partial charge >= 0.3 is 12.0 Å². The Morgan fingerprint density at radius 3 is 2.39 bits per heavy atom. The summed E-state index contributed by atoms with van der Waals surface area (Å²) in [4.78, 5) is 40.3. The van der Waals surface area contributed by atoms with Crippen LogP contribution in [0.15, 0.2) is 0 Å². The Labute approximate surface area is 137 Å². The van der Waals surface area contributed by atoms with Crippen molar-refractivity contribution in [3.63, 3.8) is 0 Å². The predicted molar refractivity (Wildman–Crippen MR) is 83.9 cm³/mol. The van der Waals surface area contributed by atoms with E-state index in [1.807, 2.05) is 4.90 Å². The molecule has 23 heavy (non-hydrogen) atoms. The minimum Gasteiger partial charge on any atom is -0.454 e. The van der Waals surface area contributed by atoms with Gasteiger partial charge in [0.15, 0.2) is 11.9 Å². The molecular weight excluding hydrogens is 296 g/mol. The van der Waals surface area contributed by atoms with Crippen molar-refractivity contribution in [2.45, 2.75) is 57.5 Å². The molecule has 0 bridgehead atoms. The highest BCUT2D eigenvalue weighted by molar-refractivity contribution is 5.86. The van der Waals surface area contributed by atoms with Gasteiger partial charge in [0.2, 0.25) is 0 Å². The Bertz CT molecular complexity index is 473. The average Bonchev–Trinajstić information content (AvgIpc) is 3.11. The van der Waals surface area contributed by atoms with Crippen molar-refractivity contribution in [2.24, 2.45) is 5.92 Å². The fourth-order valence-electron chi connectivity index (χ4n) is 3.76. The highest BCUT2D eigenvalue weighted by Crippen LogP contribution is 2.23. The van der Waals surface area contributed by atoms with Gasteiger partial charge in [0.05, 0.1) is 5.92 Å². The molecule has 2 atom stereocenters. The Balaban J connectivity index is 1.53. The van der Waals surface area contributed by atoms with E-state index in [-0.39, 0.29) is 23.7 Å². The van der Waals surface area contributed by atoms with Crippen LogP contribution in [0.2, 0.25) is 0 Å². The average molecular weight is 322 g/mol. The highest BCUT2D eigenvalue weighted by Gasteiger charge is 2.34. The van der Waals surface area contributed by atoms with Gasteiger partial charge in [-0.2, -0.15) is 0 Å². The predicted octanol–water partition coefficient (Wildman–Crippen LogP) is 1.97. The molecule has 3 fully saturated rings. The van der Waals surface area contributed by atoms with Crippen LogP contribution in [-0.2, 0) is 14.3 Å². The molecule has 0 aromatic rings. The number of ether oxygens (including phenoxy) is 1. The lowest BCUT2D eigenvalue weighted by molar-refractivity contribution is -0.162. The van der Waals surface area contributed by atoms with Crippen LogP contribution in [0.3, 0.4) is 0 Å². The molecule has 0 spiro atoms. The molecule has 2 amide bonds. The summed E-state index contributed by atoms with van der Waals surface area (Å²) in [5, 5.41) is 0. The number of carbonyl (C=O) groups excluding carboxylic acids is 3. The first kappa shape index (κ1) is 16.3. The van der Waals surface area contributed by atoms with Crippen LogP contribution in [0.5, 0.6) is 0 Å². The number of amides is 2. The Morgan fingerprint density at radius 2 is 1.65 bits per heavy atom. The molecule has 3 rings (SSSR count). The first-order valence-corrected chi connectivity index (χ1v) is 8.92. The molecule has 2 aliphatic heterocycles. The number of ketones is 1. The van der Waals surface area contributed by atoms with Crippen molar-refractivity contribution in [1.29, 1.82) is 0 Å². The zero-order valence-electron chi connectivity index (χ0n) is 13.7. The second-order valence-corrected chi connectivity index (χ2v) is 6.90. The van der Waals surface area contributed by atoms with Gasteiger partial charge in [-0.25, -0.2) is 4.79 Å². The van der Waals surface area contributed by atoms with Crippen molar-refractivity contribution in [3.05, 3.63) is 0 Å². The van der Waals surface area contributed by atoms with Crippen LogP contribution < -0.4 is 0 Å². The number of carbonyl (C=O) groups is 3. The molecule has 6 heteroatoms. The molecule has 3 aliphatic rings. The van der Waals surface area contributed by atoms with Gasteiger partial charge in [-0.3, -0.25) is 9.59 Å². The number of piperidine rings is 1. The molecule has 128 valence electrons. The van der Waals surface area contributed by atoms with Crippen LogP contribution in [0.1, 0.15) is 51.4 Å². The van der Waals surface area contributed by atoms with Gasteiger partial charge < -0.3 is 14.5 Å². The molecule has 0 unspecified atom stereocenters. The van der Waals surface area contributed by atoms with Gasteiger partial charge in [0, 0.05) is 32.6 Å². The van der Waals surface area contributed by atoms with Crippen LogP contribution >= 0.6 is 0 Å². The van der Waals surface area contributed by atoms with E-state index in [0.717, 1.165) is 51.6 Å². The lowest BCUT2D eigenvalue weighted by Crippen LogP contribution is -2.48. The lowest BCUT2D eigenvalue weighted by atomic mass is 9.95. The minimum atomic E-state index is -0.555. The fraction of sp³-hybridized carbons (Fsp3) is 0.824. The summed E-state index contributed by atoms with van der Waals surface area (Å²) in [5.74, 6) is -0.542. The number of esters is 1. The number of urea groups is 1. The topological polar surface area (TPSA) is 66.9 Å². The number of nitrogens with zero attached hydrogens (tertiary/aromatic N) is 2. The van der Waals surface area contributed by atoms with E-state index < -0.39 is 6.10 Å². The summed E-state index contributed by atoms with van der Waals surface area (Å²) >= 11 is 0. The van der Waals surface area contributed by atoms with Gasteiger partial charge in [-0.15, -0.1) is 0 Å². The Kier molecular flexibility index (Phi) is 5.18. The van der Waals surface area contributed by atoms with E-state index in [9.17, 15) is 14.4 Å². The van der Waals surface area contributed by atoms with Crippen molar-refractivity contribution in [1.82, 2.24) is 9.80 Å². The maximum atomic E-state index is 12.5. The molecule has 0 N–H and O–H groups in total. The fourth-order valence-corrected chi connectivity index (χ4v) is 3.76. The lowest BCUT2D eigenvalue weighted by Gasteiger charge is -2.34. The van der Waals surface area contributed by atoms with Crippen LogP contribution in [0.4, 0.5) is 4.79 Å². The summed E-state index contributed by atoms with van der Waals surface area (Å²) in [6, 6.07) is 0.0498. The van der Waals surface area contributed by atoms with E-state index >= 15 is 0 Å². The largest absolute Gasteiger partial charge is 0.454 e. The summed E-state index contributed by atoms with van der Waals surface area (Å²) < 4.78 is 5.46. The van der Waals surface area contributed by atoms with Gasteiger partial charge in [0.25, 0.3) is 0 Å². The zero-order valence-corrected chi connectivity index (χ0v) is 13.7. The van der Waals surface area contributed by atoms with E-state index in [1.54, 1.807) is 4.90 Å².